The minimum absolute atomic E-state index is 0.0645. The lowest BCUT2D eigenvalue weighted by atomic mass is 10.1. The number of carbonyl (C=O) groups is 1. The van der Waals surface area contributed by atoms with Crippen LogP contribution < -0.4 is 0 Å². The largest absolute Gasteiger partial charge is 0.331 e. The first kappa shape index (κ1) is 13.8. The summed E-state index contributed by atoms with van der Waals surface area (Å²) in [5, 5.41) is 8.17. The fourth-order valence-corrected chi connectivity index (χ4v) is 3.02. The third kappa shape index (κ3) is 2.42. The van der Waals surface area contributed by atoms with Crippen molar-refractivity contribution in [2.24, 2.45) is 0 Å². The Kier molecular flexibility index (Phi) is 3.23. The predicted octanol–water partition coefficient (Wildman–Crippen LogP) is 3.41. The van der Waals surface area contributed by atoms with E-state index in [4.69, 9.17) is 0 Å². The van der Waals surface area contributed by atoms with Gasteiger partial charge in [0.1, 0.15) is 0 Å². The molecule has 2 heterocycles. The molecule has 23 heavy (non-hydrogen) atoms. The Balaban J connectivity index is 1.57. The van der Waals surface area contributed by atoms with Crippen molar-refractivity contribution in [1.82, 2.24) is 15.1 Å². The zero-order valence-corrected chi connectivity index (χ0v) is 12.9. The van der Waals surface area contributed by atoms with E-state index in [0.29, 0.717) is 18.7 Å². The second-order valence-electron chi connectivity index (χ2n) is 5.86. The van der Waals surface area contributed by atoms with Crippen LogP contribution in [0.1, 0.15) is 21.6 Å². The normalized spacial score (nSPS) is 14.3. The van der Waals surface area contributed by atoms with E-state index in [1.165, 1.54) is 11.1 Å². The van der Waals surface area contributed by atoms with Crippen molar-refractivity contribution in [1.29, 1.82) is 0 Å². The quantitative estimate of drug-likeness (QED) is 0.788. The molecule has 0 aliphatic carbocycles. The van der Waals surface area contributed by atoms with E-state index in [2.05, 4.69) is 28.4 Å². The number of H-pyrrole nitrogens is 1. The molecule has 2 aromatic carbocycles. The molecule has 1 aromatic heterocycles. The van der Waals surface area contributed by atoms with Gasteiger partial charge in [-0.05, 0) is 36.3 Å². The van der Waals surface area contributed by atoms with Gasteiger partial charge in [0.25, 0.3) is 5.91 Å². The number of benzene rings is 2. The molecule has 0 radical (unpaired) electrons. The van der Waals surface area contributed by atoms with Crippen LogP contribution in [0.2, 0.25) is 0 Å². The first-order chi connectivity index (χ1) is 11.2. The number of carbonyl (C=O) groups excluding carboxylic acids is 1. The number of aryl methyl sites for hydroxylation is 1. The summed E-state index contributed by atoms with van der Waals surface area (Å²) in [6.45, 7) is 3.28. The second-order valence-corrected chi connectivity index (χ2v) is 5.86. The molecule has 1 N–H and O–H groups in total. The van der Waals surface area contributed by atoms with Gasteiger partial charge in [-0.3, -0.25) is 9.89 Å². The van der Waals surface area contributed by atoms with Crippen molar-refractivity contribution in [2.45, 2.75) is 6.92 Å². The molecule has 0 spiro atoms. The molecule has 1 aliphatic rings. The van der Waals surface area contributed by atoms with Gasteiger partial charge in [-0.25, -0.2) is 0 Å². The molecule has 0 saturated carbocycles. The van der Waals surface area contributed by atoms with Gasteiger partial charge in [-0.1, -0.05) is 36.4 Å². The summed E-state index contributed by atoms with van der Waals surface area (Å²) in [6, 6.07) is 15.9. The molecular weight excluding hydrogens is 286 g/mol. The average Bonchev–Trinajstić information content (AvgIpc) is 3.22. The predicted molar refractivity (Wildman–Crippen MR) is 91.2 cm³/mol. The van der Waals surface area contributed by atoms with Crippen LogP contribution in [0.3, 0.4) is 0 Å². The maximum Gasteiger partial charge on any atom is 0.254 e. The maximum atomic E-state index is 12.8. The number of aromatic nitrogens is 2. The first-order valence-electron chi connectivity index (χ1n) is 7.71. The number of rotatable bonds is 2. The van der Waals surface area contributed by atoms with Crippen LogP contribution in [-0.4, -0.2) is 34.1 Å². The van der Waals surface area contributed by atoms with E-state index in [-0.39, 0.29) is 5.91 Å². The molecule has 114 valence electrons. The number of nitrogens with zero attached hydrogens (tertiary/aromatic N) is 2. The van der Waals surface area contributed by atoms with Crippen LogP contribution in [-0.2, 0) is 0 Å². The lowest BCUT2D eigenvalue weighted by molar-refractivity contribution is 0.0801. The van der Waals surface area contributed by atoms with Gasteiger partial charge in [0.05, 0.1) is 5.52 Å². The highest BCUT2D eigenvalue weighted by Crippen LogP contribution is 2.23. The van der Waals surface area contributed by atoms with E-state index in [0.717, 1.165) is 16.6 Å². The third-order valence-corrected chi connectivity index (χ3v) is 4.34. The molecule has 0 saturated heterocycles. The topological polar surface area (TPSA) is 49.0 Å². The first-order valence-corrected chi connectivity index (χ1v) is 7.71. The SMILES string of the molecule is Cc1[nH]nc2ccc(C(=O)N3CC=C(c4ccccc4)C3)cc12. The van der Waals surface area contributed by atoms with Gasteiger partial charge in [0, 0.05) is 29.7 Å². The summed E-state index contributed by atoms with van der Waals surface area (Å²) in [7, 11) is 0. The van der Waals surface area contributed by atoms with Crippen LogP contribution >= 0.6 is 0 Å². The Labute approximate surface area is 134 Å². The Morgan fingerprint density at radius 1 is 1.17 bits per heavy atom. The highest BCUT2D eigenvalue weighted by Gasteiger charge is 2.22. The van der Waals surface area contributed by atoms with Gasteiger partial charge < -0.3 is 4.90 Å². The van der Waals surface area contributed by atoms with E-state index in [9.17, 15) is 4.79 Å². The summed E-state index contributed by atoms with van der Waals surface area (Å²) in [5.74, 6) is 0.0645. The molecule has 0 atom stereocenters. The number of fused-ring (bicyclic) bond motifs is 1. The summed E-state index contributed by atoms with van der Waals surface area (Å²) < 4.78 is 0. The molecule has 0 bridgehead atoms. The molecule has 1 amide bonds. The maximum absolute atomic E-state index is 12.8. The number of nitrogens with one attached hydrogen (secondary N) is 1. The van der Waals surface area contributed by atoms with Crippen molar-refractivity contribution < 1.29 is 4.79 Å². The van der Waals surface area contributed by atoms with E-state index >= 15 is 0 Å². The Bertz CT molecular complexity index is 909. The van der Waals surface area contributed by atoms with Crippen LogP contribution in [0, 0.1) is 6.92 Å². The molecule has 4 rings (SSSR count). The number of amides is 1. The monoisotopic (exact) mass is 303 g/mol. The lowest BCUT2D eigenvalue weighted by Crippen LogP contribution is -2.28. The van der Waals surface area contributed by atoms with Gasteiger partial charge in [-0.15, -0.1) is 0 Å². The molecular formula is C19H17N3O. The van der Waals surface area contributed by atoms with Crippen molar-refractivity contribution in [3.63, 3.8) is 0 Å². The van der Waals surface area contributed by atoms with Crippen LogP contribution in [0.5, 0.6) is 0 Å². The number of aromatic amines is 1. The van der Waals surface area contributed by atoms with Crippen molar-refractivity contribution in [3.05, 3.63) is 71.4 Å². The summed E-state index contributed by atoms with van der Waals surface area (Å²) >= 11 is 0. The number of hydrogen-bond donors (Lipinski definition) is 1. The molecule has 4 nitrogen and oxygen atoms in total. The molecule has 4 heteroatoms. The Hall–Kier alpha value is -2.88. The number of hydrogen-bond acceptors (Lipinski definition) is 2. The standard InChI is InChI=1S/C19H17N3O/c1-13-17-11-15(7-8-18(17)21-20-13)19(23)22-10-9-16(12-22)14-5-3-2-4-6-14/h2-9,11H,10,12H2,1H3,(H,20,21). The van der Waals surface area contributed by atoms with Crippen LogP contribution in [0.4, 0.5) is 0 Å². The van der Waals surface area contributed by atoms with Gasteiger partial charge in [0.15, 0.2) is 0 Å². The van der Waals surface area contributed by atoms with Gasteiger partial charge >= 0.3 is 0 Å². The van der Waals surface area contributed by atoms with Crippen molar-refractivity contribution in [3.8, 4) is 0 Å². The summed E-state index contributed by atoms with van der Waals surface area (Å²) in [6.07, 6.45) is 2.13. The van der Waals surface area contributed by atoms with Gasteiger partial charge in [-0.2, -0.15) is 5.10 Å². The minimum atomic E-state index is 0.0645. The average molecular weight is 303 g/mol. The zero-order chi connectivity index (χ0) is 15.8. The summed E-state index contributed by atoms with van der Waals surface area (Å²) in [4.78, 5) is 14.6. The van der Waals surface area contributed by atoms with E-state index in [1.54, 1.807) is 0 Å². The lowest BCUT2D eigenvalue weighted by Gasteiger charge is -2.16. The molecule has 3 aromatic rings. The third-order valence-electron chi connectivity index (χ3n) is 4.34. The molecule has 0 fully saturated rings. The fraction of sp³-hybridized carbons (Fsp3) is 0.158. The minimum Gasteiger partial charge on any atom is -0.331 e. The smallest absolute Gasteiger partial charge is 0.254 e. The molecule has 1 aliphatic heterocycles. The molecule has 0 unspecified atom stereocenters. The Morgan fingerprint density at radius 2 is 2.00 bits per heavy atom. The summed E-state index contributed by atoms with van der Waals surface area (Å²) in [5.41, 5.74) is 4.98. The highest BCUT2D eigenvalue weighted by molar-refractivity contribution is 5.99. The van der Waals surface area contributed by atoms with Gasteiger partial charge in [0.2, 0.25) is 0 Å². The van der Waals surface area contributed by atoms with E-state index < -0.39 is 0 Å². The fourth-order valence-electron chi connectivity index (χ4n) is 3.02. The Morgan fingerprint density at radius 3 is 2.83 bits per heavy atom. The highest BCUT2D eigenvalue weighted by atomic mass is 16.2. The second kappa shape index (κ2) is 5.39. The zero-order valence-electron chi connectivity index (χ0n) is 12.9. The van der Waals surface area contributed by atoms with Crippen molar-refractivity contribution in [2.75, 3.05) is 13.1 Å². The van der Waals surface area contributed by atoms with E-state index in [1.807, 2.05) is 48.2 Å². The van der Waals surface area contributed by atoms with Crippen molar-refractivity contribution >= 4 is 22.4 Å². The van der Waals surface area contributed by atoms with Crippen LogP contribution in [0.15, 0.2) is 54.6 Å². The van der Waals surface area contributed by atoms with Crippen LogP contribution in [0.25, 0.3) is 16.5 Å².